The molecule has 1 aromatic rings. The fraction of sp³-hybridized carbons (Fsp3) is 0.400. The third-order valence-electron chi connectivity index (χ3n) is 1.64. The zero-order valence-corrected chi connectivity index (χ0v) is 10.9. The fourth-order valence-corrected chi connectivity index (χ4v) is 2.83. The molecule has 0 radical (unpaired) electrons. The Morgan fingerprint density at radius 2 is 2.13 bits per heavy atom. The van der Waals surface area contributed by atoms with Gasteiger partial charge in [0, 0.05) is 4.90 Å². The first-order valence-electron chi connectivity index (χ1n) is 4.35. The molecule has 15 heavy (non-hydrogen) atoms. The minimum absolute atomic E-state index is 0.130. The van der Waals surface area contributed by atoms with Crippen LogP contribution in [0, 0.1) is 5.82 Å². The fourth-order valence-electron chi connectivity index (χ4n) is 1.02. The highest BCUT2D eigenvalue weighted by molar-refractivity contribution is 9.10. The van der Waals surface area contributed by atoms with Crippen LogP contribution in [0.25, 0.3) is 0 Å². The average molecular weight is 295 g/mol. The van der Waals surface area contributed by atoms with Crippen molar-refractivity contribution in [3.63, 3.8) is 0 Å². The highest BCUT2D eigenvalue weighted by Crippen LogP contribution is 2.20. The molecule has 1 unspecified atom stereocenters. The van der Waals surface area contributed by atoms with Gasteiger partial charge >= 0.3 is 0 Å². The number of aliphatic hydroxyl groups is 1. The summed E-state index contributed by atoms with van der Waals surface area (Å²) in [7, 11) is -1.32. The third-order valence-corrected chi connectivity index (χ3v) is 3.99. The molecule has 0 aliphatic heterocycles. The van der Waals surface area contributed by atoms with Crippen molar-refractivity contribution in [2.75, 3.05) is 5.75 Å². The van der Waals surface area contributed by atoms with Crippen LogP contribution in [0.2, 0.25) is 0 Å². The molecule has 1 rings (SSSR count). The van der Waals surface area contributed by atoms with E-state index in [9.17, 15) is 13.7 Å². The van der Waals surface area contributed by atoms with Crippen LogP contribution in [0.4, 0.5) is 4.39 Å². The van der Waals surface area contributed by atoms with E-state index in [2.05, 4.69) is 15.9 Å². The molecule has 0 spiro atoms. The van der Waals surface area contributed by atoms with Crippen LogP contribution in [0.5, 0.6) is 0 Å². The SMILES string of the molecule is CC(C)(O)CS(=O)c1ccc(F)c(Br)c1. The molecule has 0 aliphatic carbocycles. The highest BCUT2D eigenvalue weighted by atomic mass is 79.9. The molecule has 2 nitrogen and oxygen atoms in total. The Hall–Kier alpha value is -0.260. The molecule has 1 aromatic carbocycles. The van der Waals surface area contributed by atoms with Gasteiger partial charge in [0.05, 0.1) is 26.6 Å². The standard InChI is InChI=1S/C10H12BrFO2S/c1-10(2,13)6-15(14)7-3-4-9(12)8(11)5-7/h3-5,13H,6H2,1-2H3. The van der Waals surface area contributed by atoms with Crippen LogP contribution in [-0.4, -0.2) is 20.7 Å². The van der Waals surface area contributed by atoms with Gasteiger partial charge < -0.3 is 5.11 Å². The second-order valence-corrected chi connectivity index (χ2v) is 6.18. The number of hydrogen-bond donors (Lipinski definition) is 1. The van der Waals surface area contributed by atoms with Crippen molar-refractivity contribution in [1.82, 2.24) is 0 Å². The number of halogens is 2. The Balaban J connectivity index is 2.88. The zero-order chi connectivity index (χ0) is 11.6. The summed E-state index contributed by atoms with van der Waals surface area (Å²) >= 11 is 3.02. The molecule has 84 valence electrons. The van der Waals surface area contributed by atoms with Crippen molar-refractivity contribution < 1.29 is 13.7 Å². The molecule has 0 heterocycles. The molecule has 0 fully saturated rings. The van der Waals surface area contributed by atoms with Crippen molar-refractivity contribution in [1.29, 1.82) is 0 Å². The van der Waals surface area contributed by atoms with Gasteiger partial charge in [-0.3, -0.25) is 4.21 Å². The van der Waals surface area contributed by atoms with E-state index in [1.807, 2.05) is 0 Å². The molecular weight excluding hydrogens is 283 g/mol. The average Bonchev–Trinajstić information content (AvgIpc) is 2.06. The van der Waals surface area contributed by atoms with Crippen LogP contribution in [0.3, 0.4) is 0 Å². The van der Waals surface area contributed by atoms with Gasteiger partial charge in [0.1, 0.15) is 5.82 Å². The molecule has 5 heteroatoms. The Bertz CT molecular complexity index is 387. The quantitative estimate of drug-likeness (QED) is 0.930. The van der Waals surface area contributed by atoms with E-state index in [0.29, 0.717) is 4.90 Å². The zero-order valence-electron chi connectivity index (χ0n) is 8.46. The van der Waals surface area contributed by atoms with Crippen molar-refractivity contribution in [3.05, 3.63) is 28.5 Å². The normalized spacial score (nSPS) is 13.9. The predicted molar refractivity (Wildman–Crippen MR) is 61.7 cm³/mol. The molecular formula is C10H12BrFO2S. The largest absolute Gasteiger partial charge is 0.389 e. The summed E-state index contributed by atoms with van der Waals surface area (Å²) in [6, 6.07) is 4.18. The lowest BCUT2D eigenvalue weighted by Gasteiger charge is -2.16. The van der Waals surface area contributed by atoms with E-state index in [0.717, 1.165) is 0 Å². The van der Waals surface area contributed by atoms with Crippen LogP contribution in [0.15, 0.2) is 27.6 Å². The number of rotatable bonds is 3. The lowest BCUT2D eigenvalue weighted by Crippen LogP contribution is -2.27. The summed E-state index contributed by atoms with van der Waals surface area (Å²) in [5.74, 6) is -0.260. The minimum Gasteiger partial charge on any atom is -0.389 e. The van der Waals surface area contributed by atoms with Crippen molar-refractivity contribution in [3.8, 4) is 0 Å². The first kappa shape index (κ1) is 12.8. The van der Waals surface area contributed by atoms with Gasteiger partial charge in [-0.15, -0.1) is 0 Å². The van der Waals surface area contributed by atoms with Crippen molar-refractivity contribution in [2.45, 2.75) is 24.3 Å². The summed E-state index contributed by atoms with van der Waals surface area (Å²) in [5, 5.41) is 9.49. The van der Waals surface area contributed by atoms with Gasteiger partial charge in [-0.05, 0) is 48.0 Å². The van der Waals surface area contributed by atoms with Gasteiger partial charge in [0.25, 0.3) is 0 Å². The predicted octanol–water partition coefficient (Wildman–Crippen LogP) is 2.47. The van der Waals surface area contributed by atoms with Gasteiger partial charge in [-0.1, -0.05) is 0 Å². The second-order valence-electron chi connectivity index (χ2n) is 3.88. The second kappa shape index (κ2) is 4.72. The van der Waals surface area contributed by atoms with E-state index in [-0.39, 0.29) is 16.0 Å². The van der Waals surface area contributed by atoms with Crippen molar-refractivity contribution >= 4 is 26.7 Å². The van der Waals surface area contributed by atoms with Gasteiger partial charge in [0.15, 0.2) is 0 Å². The molecule has 0 aliphatic rings. The topological polar surface area (TPSA) is 37.3 Å². The molecule has 0 amide bonds. The Morgan fingerprint density at radius 3 is 2.60 bits per heavy atom. The first-order chi connectivity index (χ1) is 6.79. The first-order valence-corrected chi connectivity index (χ1v) is 6.46. The van der Waals surface area contributed by atoms with Crippen LogP contribution in [0.1, 0.15) is 13.8 Å². The number of hydrogen-bond acceptors (Lipinski definition) is 2. The summed E-state index contributed by atoms with van der Waals surface area (Å²) in [5.41, 5.74) is -0.994. The van der Waals surface area contributed by atoms with Crippen LogP contribution >= 0.6 is 15.9 Å². The third kappa shape index (κ3) is 4.01. The summed E-state index contributed by atoms with van der Waals surface area (Å²) in [4.78, 5) is 0.505. The molecule has 0 saturated heterocycles. The number of benzene rings is 1. The maximum Gasteiger partial charge on any atom is 0.137 e. The summed E-state index contributed by atoms with van der Waals surface area (Å²) in [6.45, 7) is 3.17. The molecule has 0 saturated carbocycles. The maximum absolute atomic E-state index is 12.9. The Kier molecular flexibility index (Phi) is 4.03. The van der Waals surface area contributed by atoms with Crippen LogP contribution < -0.4 is 0 Å². The molecule has 0 aromatic heterocycles. The lowest BCUT2D eigenvalue weighted by molar-refractivity contribution is 0.106. The molecule has 1 N–H and O–H groups in total. The van der Waals surface area contributed by atoms with Gasteiger partial charge in [0.2, 0.25) is 0 Å². The van der Waals surface area contributed by atoms with E-state index < -0.39 is 16.4 Å². The maximum atomic E-state index is 12.9. The van der Waals surface area contributed by atoms with Crippen LogP contribution in [-0.2, 0) is 10.8 Å². The minimum atomic E-state index is -1.32. The molecule has 1 atom stereocenters. The smallest absolute Gasteiger partial charge is 0.137 e. The van der Waals surface area contributed by atoms with E-state index in [1.54, 1.807) is 13.8 Å². The summed E-state index contributed by atoms with van der Waals surface area (Å²) in [6.07, 6.45) is 0. The van der Waals surface area contributed by atoms with E-state index >= 15 is 0 Å². The van der Waals surface area contributed by atoms with E-state index in [4.69, 9.17) is 0 Å². The monoisotopic (exact) mass is 294 g/mol. The van der Waals surface area contributed by atoms with Gasteiger partial charge in [-0.2, -0.15) is 0 Å². The van der Waals surface area contributed by atoms with Crippen molar-refractivity contribution in [2.24, 2.45) is 0 Å². The van der Waals surface area contributed by atoms with Gasteiger partial charge in [-0.25, -0.2) is 4.39 Å². The Labute approximate surface area is 99.1 Å². The summed E-state index contributed by atoms with van der Waals surface area (Å²) < 4.78 is 24.9. The molecule has 0 bridgehead atoms. The van der Waals surface area contributed by atoms with E-state index in [1.165, 1.54) is 18.2 Å². The Morgan fingerprint density at radius 1 is 1.53 bits per heavy atom. The lowest BCUT2D eigenvalue weighted by atomic mass is 10.2. The highest BCUT2D eigenvalue weighted by Gasteiger charge is 2.18.